The van der Waals surface area contributed by atoms with Crippen molar-refractivity contribution >= 4 is 23.1 Å². The summed E-state index contributed by atoms with van der Waals surface area (Å²) in [5.74, 6) is 1.01. The number of ether oxygens (including phenoxy) is 1. The van der Waals surface area contributed by atoms with Gasteiger partial charge in [-0.1, -0.05) is 12.1 Å². The summed E-state index contributed by atoms with van der Waals surface area (Å²) in [4.78, 5) is 4.15. The van der Waals surface area contributed by atoms with E-state index in [-0.39, 0.29) is 11.6 Å². The lowest BCUT2D eigenvalue weighted by Gasteiger charge is -2.13. The molecule has 0 amide bonds. The van der Waals surface area contributed by atoms with Crippen molar-refractivity contribution in [3.05, 3.63) is 60.3 Å². The molecule has 0 fully saturated rings. The average molecular weight is 375 g/mol. The highest BCUT2D eigenvalue weighted by molar-refractivity contribution is 5.61. The van der Waals surface area contributed by atoms with Gasteiger partial charge in [0.1, 0.15) is 5.75 Å². The summed E-state index contributed by atoms with van der Waals surface area (Å²) in [6.07, 6.45) is -3.12. The van der Waals surface area contributed by atoms with Crippen molar-refractivity contribution in [2.45, 2.75) is 13.1 Å². The number of hydrogen-bond acceptors (Lipinski definition) is 6. The van der Waals surface area contributed by atoms with Gasteiger partial charge in [-0.2, -0.15) is 23.3 Å². The van der Waals surface area contributed by atoms with E-state index in [1.165, 1.54) is 24.4 Å². The molecule has 0 unspecified atom stereocenters. The minimum atomic E-state index is -4.49. The van der Waals surface area contributed by atoms with Gasteiger partial charge >= 0.3 is 6.18 Å². The van der Waals surface area contributed by atoms with E-state index >= 15 is 0 Å². The zero-order chi connectivity index (χ0) is 19.3. The SMILES string of the molecule is CCOc1ccc(Nc2cnnc(Nc3ccccc3C(F)(F)F)n2)cc1. The van der Waals surface area contributed by atoms with Crippen LogP contribution in [0.2, 0.25) is 0 Å². The molecule has 0 bridgehead atoms. The highest BCUT2D eigenvalue weighted by Crippen LogP contribution is 2.35. The molecule has 0 aliphatic heterocycles. The fourth-order valence-electron chi connectivity index (χ4n) is 2.33. The fraction of sp³-hybridized carbons (Fsp3) is 0.167. The summed E-state index contributed by atoms with van der Waals surface area (Å²) in [7, 11) is 0. The van der Waals surface area contributed by atoms with Gasteiger partial charge in [0.25, 0.3) is 0 Å². The predicted molar refractivity (Wildman–Crippen MR) is 95.4 cm³/mol. The Hall–Kier alpha value is -3.36. The molecule has 0 atom stereocenters. The second-order valence-electron chi connectivity index (χ2n) is 5.42. The van der Waals surface area contributed by atoms with E-state index in [9.17, 15) is 13.2 Å². The number of aromatic nitrogens is 3. The fourth-order valence-corrected chi connectivity index (χ4v) is 2.33. The molecule has 3 aromatic rings. The van der Waals surface area contributed by atoms with Gasteiger partial charge in [-0.05, 0) is 43.3 Å². The highest BCUT2D eigenvalue weighted by atomic mass is 19.4. The standard InChI is InChI=1S/C18H16F3N5O/c1-2-27-13-9-7-12(8-10-13)23-16-11-22-26-17(25-16)24-15-6-4-3-5-14(15)18(19,20)21/h3-11H,2H2,1H3,(H2,23,24,25,26). The van der Waals surface area contributed by atoms with Crippen LogP contribution in [0.4, 0.5) is 36.3 Å². The van der Waals surface area contributed by atoms with Crippen LogP contribution in [0.25, 0.3) is 0 Å². The van der Waals surface area contributed by atoms with Crippen molar-refractivity contribution < 1.29 is 17.9 Å². The maximum absolute atomic E-state index is 13.1. The molecule has 0 aliphatic rings. The average Bonchev–Trinajstić information content (AvgIpc) is 2.63. The Bertz CT molecular complexity index is 900. The van der Waals surface area contributed by atoms with Crippen LogP contribution in [0.3, 0.4) is 0 Å². The van der Waals surface area contributed by atoms with Gasteiger partial charge < -0.3 is 15.4 Å². The predicted octanol–water partition coefficient (Wildman–Crippen LogP) is 4.78. The molecular weight excluding hydrogens is 359 g/mol. The molecule has 2 N–H and O–H groups in total. The van der Waals surface area contributed by atoms with Crippen molar-refractivity contribution in [2.75, 3.05) is 17.2 Å². The highest BCUT2D eigenvalue weighted by Gasteiger charge is 2.33. The number of rotatable bonds is 6. The molecule has 1 heterocycles. The van der Waals surface area contributed by atoms with Gasteiger partial charge in [0.05, 0.1) is 24.1 Å². The van der Waals surface area contributed by atoms with E-state index < -0.39 is 11.7 Å². The molecule has 0 saturated heterocycles. The van der Waals surface area contributed by atoms with Crippen LogP contribution in [0.15, 0.2) is 54.7 Å². The summed E-state index contributed by atoms with van der Waals surface area (Å²) in [6.45, 7) is 2.46. The first-order valence-electron chi connectivity index (χ1n) is 8.08. The number of nitrogens with one attached hydrogen (secondary N) is 2. The van der Waals surface area contributed by atoms with E-state index in [1.54, 1.807) is 24.3 Å². The van der Waals surface area contributed by atoms with Gasteiger partial charge in [-0.15, -0.1) is 5.10 Å². The lowest BCUT2D eigenvalue weighted by Crippen LogP contribution is -2.10. The molecule has 2 aromatic carbocycles. The molecule has 140 valence electrons. The first-order chi connectivity index (χ1) is 13.0. The smallest absolute Gasteiger partial charge is 0.418 e. The van der Waals surface area contributed by atoms with Crippen molar-refractivity contribution in [1.82, 2.24) is 15.2 Å². The number of halogens is 3. The Morgan fingerprint density at radius 2 is 1.74 bits per heavy atom. The van der Waals surface area contributed by atoms with Crippen LogP contribution in [0.5, 0.6) is 5.75 Å². The lowest BCUT2D eigenvalue weighted by atomic mass is 10.1. The van der Waals surface area contributed by atoms with Crippen LogP contribution in [-0.2, 0) is 6.18 Å². The van der Waals surface area contributed by atoms with E-state index in [1.807, 2.05) is 6.92 Å². The number of nitrogens with zero attached hydrogens (tertiary/aromatic N) is 3. The zero-order valence-corrected chi connectivity index (χ0v) is 14.3. The molecule has 0 radical (unpaired) electrons. The van der Waals surface area contributed by atoms with E-state index in [4.69, 9.17) is 4.74 Å². The minimum Gasteiger partial charge on any atom is -0.494 e. The summed E-state index contributed by atoms with van der Waals surface area (Å²) in [5, 5.41) is 13.1. The van der Waals surface area contributed by atoms with Gasteiger partial charge in [-0.3, -0.25) is 0 Å². The monoisotopic (exact) mass is 375 g/mol. The zero-order valence-electron chi connectivity index (χ0n) is 14.3. The molecule has 0 spiro atoms. The molecule has 0 saturated carbocycles. The van der Waals surface area contributed by atoms with E-state index in [0.717, 1.165) is 17.5 Å². The first kappa shape index (κ1) is 18.4. The van der Waals surface area contributed by atoms with E-state index in [2.05, 4.69) is 25.8 Å². The second kappa shape index (κ2) is 7.90. The third-order valence-corrected chi connectivity index (χ3v) is 3.48. The summed E-state index contributed by atoms with van der Waals surface area (Å²) in [6, 6.07) is 12.3. The summed E-state index contributed by atoms with van der Waals surface area (Å²) in [5.41, 5.74) is -0.232. The number of alkyl halides is 3. The number of anilines is 4. The number of para-hydroxylation sites is 1. The largest absolute Gasteiger partial charge is 0.494 e. The van der Waals surface area contributed by atoms with Crippen LogP contribution < -0.4 is 15.4 Å². The maximum atomic E-state index is 13.1. The van der Waals surface area contributed by atoms with Crippen molar-refractivity contribution in [2.24, 2.45) is 0 Å². The minimum absolute atomic E-state index is 0.0531. The van der Waals surface area contributed by atoms with Crippen LogP contribution in [0, 0.1) is 0 Å². The van der Waals surface area contributed by atoms with Gasteiger partial charge in [0, 0.05) is 5.69 Å². The molecule has 0 aliphatic carbocycles. The van der Waals surface area contributed by atoms with Gasteiger partial charge in [0.2, 0.25) is 5.95 Å². The van der Waals surface area contributed by atoms with E-state index in [0.29, 0.717) is 12.4 Å². The molecule has 1 aromatic heterocycles. The van der Waals surface area contributed by atoms with Crippen LogP contribution in [0.1, 0.15) is 12.5 Å². The van der Waals surface area contributed by atoms with Crippen LogP contribution in [-0.4, -0.2) is 21.8 Å². The number of benzene rings is 2. The Morgan fingerprint density at radius 1 is 1.00 bits per heavy atom. The normalized spacial score (nSPS) is 11.1. The Morgan fingerprint density at radius 3 is 2.44 bits per heavy atom. The number of hydrogen-bond donors (Lipinski definition) is 2. The van der Waals surface area contributed by atoms with Gasteiger partial charge in [0.15, 0.2) is 5.82 Å². The third-order valence-electron chi connectivity index (χ3n) is 3.48. The van der Waals surface area contributed by atoms with Crippen molar-refractivity contribution in [3.63, 3.8) is 0 Å². The maximum Gasteiger partial charge on any atom is 0.418 e. The second-order valence-corrected chi connectivity index (χ2v) is 5.42. The van der Waals surface area contributed by atoms with Crippen molar-refractivity contribution in [3.8, 4) is 5.75 Å². The van der Waals surface area contributed by atoms with Crippen molar-refractivity contribution in [1.29, 1.82) is 0 Å². The molecule has 3 rings (SSSR count). The molecular formula is C18H16F3N5O. The summed E-state index contributed by atoms with van der Waals surface area (Å²) >= 11 is 0. The molecule has 27 heavy (non-hydrogen) atoms. The third kappa shape index (κ3) is 4.84. The first-order valence-corrected chi connectivity index (χ1v) is 8.08. The Balaban J connectivity index is 1.77. The Labute approximate surface area is 153 Å². The molecule has 9 heteroatoms. The lowest BCUT2D eigenvalue weighted by molar-refractivity contribution is -0.136. The molecule has 6 nitrogen and oxygen atoms in total. The van der Waals surface area contributed by atoms with Crippen LogP contribution >= 0.6 is 0 Å². The Kier molecular flexibility index (Phi) is 5.39. The van der Waals surface area contributed by atoms with Gasteiger partial charge in [-0.25, -0.2) is 0 Å². The topological polar surface area (TPSA) is 72.0 Å². The quantitative estimate of drug-likeness (QED) is 0.646. The summed E-state index contributed by atoms with van der Waals surface area (Å²) < 4.78 is 44.6.